The lowest BCUT2D eigenvalue weighted by molar-refractivity contribution is 0.112. The molecule has 0 aliphatic carbocycles. The summed E-state index contributed by atoms with van der Waals surface area (Å²) in [5, 5.41) is 26.3. The normalized spacial score (nSPS) is 11.8. The predicted octanol–water partition coefficient (Wildman–Crippen LogP) is 6.54. The van der Waals surface area contributed by atoms with Crippen LogP contribution in [0.3, 0.4) is 0 Å². The first-order valence-electron chi connectivity index (χ1n) is 14.3. The minimum absolute atomic E-state index is 0.0116. The number of aryl methyl sites for hydroxylation is 1. The molecule has 0 saturated heterocycles. The van der Waals surface area contributed by atoms with Gasteiger partial charge in [-0.1, -0.05) is 54.6 Å². The summed E-state index contributed by atoms with van der Waals surface area (Å²) >= 11 is 0. The second kappa shape index (κ2) is 14.5. The quantitative estimate of drug-likeness (QED) is 0.0227. The average Bonchev–Trinajstić information content (AvgIpc) is 3.06. The Morgan fingerprint density at radius 1 is 0.958 bits per heavy atom. The van der Waals surface area contributed by atoms with Gasteiger partial charge in [0.15, 0.2) is 12.0 Å². The first-order chi connectivity index (χ1) is 23.0. The summed E-state index contributed by atoms with van der Waals surface area (Å²) in [5.41, 5.74) is 4.62. The van der Waals surface area contributed by atoms with E-state index in [0.717, 1.165) is 17.7 Å². The maximum Gasteiger partial charge on any atom is 0.315 e. The number of hydrazone groups is 1. The van der Waals surface area contributed by atoms with Crippen molar-refractivity contribution in [1.29, 1.82) is 0 Å². The molecule has 0 spiro atoms. The van der Waals surface area contributed by atoms with Gasteiger partial charge in [0.05, 0.1) is 16.3 Å². The van der Waals surface area contributed by atoms with Crippen LogP contribution in [0.15, 0.2) is 111 Å². The van der Waals surface area contributed by atoms with Gasteiger partial charge in [0.1, 0.15) is 5.69 Å². The Morgan fingerprint density at radius 3 is 2.40 bits per heavy atom. The summed E-state index contributed by atoms with van der Waals surface area (Å²) in [4.78, 5) is 24.2. The van der Waals surface area contributed by atoms with Crippen molar-refractivity contribution in [2.75, 3.05) is 22.2 Å². The number of azo groups is 1. The first kappa shape index (κ1) is 33.2. The number of aldehydes is 1. The van der Waals surface area contributed by atoms with E-state index in [0.29, 0.717) is 24.1 Å². The molecule has 0 aliphatic rings. The van der Waals surface area contributed by atoms with Crippen molar-refractivity contribution in [2.24, 2.45) is 15.3 Å². The van der Waals surface area contributed by atoms with Crippen LogP contribution >= 0.6 is 0 Å². The van der Waals surface area contributed by atoms with Crippen LogP contribution in [0, 0.1) is 13.0 Å². The summed E-state index contributed by atoms with van der Waals surface area (Å²) in [6, 6.07) is 24.3. The fraction of sp³-hybridized carbons (Fsp3) is 0.0938. The standard InChI is InChI=1S/C32H28FN9O5S/c1-3-42(23-14-9-10-20(2)16-23)32-36-30(33)35-31(37-32)34-26-17-24(48(45,46)47)18-27(28(26)44)39-41-29(21-11-5-4-6-12-21)40-38-25-15-8-7-13-22(25)19-43/h4-19,39,44H,3H2,1-2H3,(H,45,46,47)(H,34,35,36,37). The zero-order valence-corrected chi connectivity index (χ0v) is 26.3. The maximum atomic E-state index is 14.7. The van der Waals surface area contributed by atoms with E-state index >= 15 is 0 Å². The van der Waals surface area contributed by atoms with Crippen molar-refractivity contribution in [1.82, 2.24) is 15.0 Å². The van der Waals surface area contributed by atoms with E-state index in [2.05, 4.69) is 41.0 Å². The monoisotopic (exact) mass is 669 g/mol. The molecular weight excluding hydrogens is 641 g/mol. The molecule has 4 aromatic carbocycles. The molecule has 0 aliphatic heterocycles. The number of aromatic hydroxyl groups is 1. The summed E-state index contributed by atoms with van der Waals surface area (Å²) in [7, 11) is -4.83. The van der Waals surface area contributed by atoms with Crippen LogP contribution in [0.2, 0.25) is 0 Å². The average molecular weight is 670 g/mol. The third kappa shape index (κ3) is 7.98. The Labute approximate surface area is 274 Å². The molecule has 16 heteroatoms. The zero-order chi connectivity index (χ0) is 34.3. The first-order valence-corrected chi connectivity index (χ1v) is 15.7. The molecule has 0 saturated carbocycles. The van der Waals surface area contributed by atoms with Gasteiger partial charge in [-0.05, 0) is 55.8 Å². The molecule has 0 amide bonds. The number of halogens is 1. The van der Waals surface area contributed by atoms with Crippen molar-refractivity contribution in [3.8, 4) is 5.75 Å². The van der Waals surface area contributed by atoms with Gasteiger partial charge in [-0.25, -0.2) is 0 Å². The highest BCUT2D eigenvalue weighted by atomic mass is 32.2. The van der Waals surface area contributed by atoms with Crippen LogP contribution in [-0.4, -0.2) is 51.7 Å². The van der Waals surface area contributed by atoms with Crippen molar-refractivity contribution in [2.45, 2.75) is 18.7 Å². The van der Waals surface area contributed by atoms with Crippen molar-refractivity contribution < 1.29 is 27.3 Å². The highest BCUT2D eigenvalue weighted by Crippen LogP contribution is 2.37. The number of anilines is 5. The smallest absolute Gasteiger partial charge is 0.315 e. The van der Waals surface area contributed by atoms with E-state index in [1.54, 1.807) is 65.6 Å². The highest BCUT2D eigenvalue weighted by Gasteiger charge is 2.20. The van der Waals surface area contributed by atoms with Crippen LogP contribution in [0.1, 0.15) is 28.4 Å². The number of carbonyl (C=O) groups is 1. The number of aromatic nitrogens is 3. The molecule has 0 atom stereocenters. The number of hydrogen-bond donors (Lipinski definition) is 4. The molecule has 0 unspecified atom stereocenters. The lowest BCUT2D eigenvalue weighted by Gasteiger charge is -2.21. The fourth-order valence-corrected chi connectivity index (χ4v) is 4.97. The molecule has 244 valence electrons. The molecule has 0 fully saturated rings. The second-order valence-corrected chi connectivity index (χ2v) is 11.5. The Hall–Kier alpha value is -6.13. The van der Waals surface area contributed by atoms with E-state index in [4.69, 9.17) is 0 Å². The molecule has 0 radical (unpaired) electrons. The fourth-order valence-electron chi connectivity index (χ4n) is 4.43. The molecule has 48 heavy (non-hydrogen) atoms. The van der Waals surface area contributed by atoms with Crippen molar-refractivity contribution in [3.63, 3.8) is 0 Å². The number of rotatable bonds is 11. The maximum absolute atomic E-state index is 14.7. The second-order valence-electron chi connectivity index (χ2n) is 10.1. The van der Waals surface area contributed by atoms with Gasteiger partial charge in [0.25, 0.3) is 10.1 Å². The molecule has 4 N–H and O–H groups in total. The van der Waals surface area contributed by atoms with E-state index in [9.17, 15) is 27.3 Å². The third-order valence-corrected chi connectivity index (χ3v) is 7.56. The van der Waals surface area contributed by atoms with Crippen LogP contribution in [0.4, 0.5) is 39.0 Å². The molecule has 14 nitrogen and oxygen atoms in total. The minimum Gasteiger partial charge on any atom is -0.504 e. The lowest BCUT2D eigenvalue weighted by atomic mass is 10.2. The van der Waals surface area contributed by atoms with Gasteiger partial charge in [-0.15, -0.1) is 10.2 Å². The zero-order valence-electron chi connectivity index (χ0n) is 25.5. The number of carbonyl (C=O) groups excluding carboxylic acids is 1. The number of phenolic OH excluding ortho intramolecular Hbond substituents is 1. The summed E-state index contributed by atoms with van der Waals surface area (Å²) in [6.45, 7) is 4.09. The predicted molar refractivity (Wildman–Crippen MR) is 178 cm³/mol. The number of nitrogens with zero attached hydrogens (tertiary/aromatic N) is 7. The molecule has 1 heterocycles. The highest BCUT2D eigenvalue weighted by molar-refractivity contribution is 7.85. The molecular formula is C32H28FN9O5S. The topological polar surface area (TPSA) is 195 Å². The molecule has 0 bridgehead atoms. The van der Waals surface area contributed by atoms with Crippen molar-refractivity contribution >= 4 is 56.9 Å². The van der Waals surface area contributed by atoms with Gasteiger partial charge in [0.2, 0.25) is 17.7 Å². The third-order valence-electron chi connectivity index (χ3n) is 6.73. The molecule has 1 aromatic heterocycles. The Kier molecular flexibility index (Phi) is 10.1. The summed E-state index contributed by atoms with van der Waals surface area (Å²) < 4.78 is 49.0. The number of hydrogen-bond acceptors (Lipinski definition) is 12. The van der Waals surface area contributed by atoms with E-state index in [-0.39, 0.29) is 40.4 Å². The lowest BCUT2D eigenvalue weighted by Crippen LogP contribution is -2.20. The Bertz CT molecular complexity index is 2130. The van der Waals surface area contributed by atoms with Crippen LogP contribution in [-0.2, 0) is 10.1 Å². The number of phenols is 1. The largest absolute Gasteiger partial charge is 0.504 e. The van der Waals surface area contributed by atoms with Crippen LogP contribution in [0.5, 0.6) is 5.75 Å². The van der Waals surface area contributed by atoms with Gasteiger partial charge >= 0.3 is 6.08 Å². The van der Waals surface area contributed by atoms with Gasteiger partial charge in [-0.2, -0.15) is 32.9 Å². The molecule has 5 aromatic rings. The van der Waals surface area contributed by atoms with E-state index in [1.807, 2.05) is 32.0 Å². The van der Waals surface area contributed by atoms with Gasteiger partial charge in [-0.3, -0.25) is 14.8 Å². The SMILES string of the molecule is CCN(c1cccc(C)c1)c1nc(F)nc(Nc2cc(S(=O)(=O)O)cc(NN=C(N=Nc3ccccc3C=O)c3ccccc3)c2O)n1. The van der Waals surface area contributed by atoms with E-state index in [1.165, 1.54) is 0 Å². The van der Waals surface area contributed by atoms with Gasteiger partial charge in [0, 0.05) is 23.4 Å². The summed E-state index contributed by atoms with van der Waals surface area (Å²) in [6.07, 6.45) is -0.515. The Morgan fingerprint density at radius 2 is 1.69 bits per heavy atom. The van der Waals surface area contributed by atoms with Crippen LogP contribution < -0.4 is 15.6 Å². The Balaban J connectivity index is 1.53. The number of amidine groups is 1. The number of nitrogens with one attached hydrogen (secondary N) is 2. The summed E-state index contributed by atoms with van der Waals surface area (Å²) in [5.74, 6) is -1.02. The molecule has 5 rings (SSSR count). The minimum atomic E-state index is -4.83. The van der Waals surface area contributed by atoms with Crippen molar-refractivity contribution in [3.05, 3.63) is 114 Å². The van der Waals surface area contributed by atoms with E-state index < -0.39 is 26.8 Å². The van der Waals surface area contributed by atoms with Gasteiger partial charge < -0.3 is 15.3 Å². The number of benzene rings is 4. The van der Waals surface area contributed by atoms with Crippen LogP contribution in [0.25, 0.3) is 0 Å².